The molecule has 3 aliphatic heterocycles. The van der Waals surface area contributed by atoms with Crippen LogP contribution in [0.25, 0.3) is 39.0 Å². The normalized spacial score (nSPS) is 17.9. The highest BCUT2D eigenvalue weighted by Gasteiger charge is 2.46. The molecule has 0 aliphatic carbocycles. The molecule has 5 heterocycles. The van der Waals surface area contributed by atoms with Crippen molar-refractivity contribution in [2.45, 2.75) is 51.2 Å². The predicted octanol–water partition coefficient (Wildman–Crippen LogP) is 8.06. The van der Waals surface area contributed by atoms with E-state index in [-0.39, 0.29) is 23.0 Å². The Labute approximate surface area is 312 Å². The number of ether oxygens (including phenoxy) is 1. The van der Waals surface area contributed by atoms with Gasteiger partial charge in [0.15, 0.2) is 12.4 Å². The average molecular weight is 736 g/mol. The third kappa shape index (κ3) is 6.83. The van der Waals surface area contributed by atoms with Crippen LogP contribution in [0, 0.1) is 12.3 Å². The van der Waals surface area contributed by atoms with Crippen LogP contribution in [0.4, 0.5) is 19.0 Å². The summed E-state index contributed by atoms with van der Waals surface area (Å²) >= 11 is 0. The first kappa shape index (κ1) is 35.8. The molecule has 0 bridgehead atoms. The molecule has 3 saturated heterocycles. The number of likely N-dealkylation sites (tertiary alicyclic amines) is 2. The van der Waals surface area contributed by atoms with E-state index in [1.54, 1.807) is 12.3 Å². The molecule has 3 fully saturated rings. The summed E-state index contributed by atoms with van der Waals surface area (Å²) in [6, 6.07) is 16.2. The molecular weight excluding hydrogens is 692 g/mol. The summed E-state index contributed by atoms with van der Waals surface area (Å²) < 4.78 is 48.0. The zero-order valence-corrected chi connectivity index (χ0v) is 30.5. The third-order valence-electron chi connectivity index (χ3n) is 11.5. The Morgan fingerprint density at radius 2 is 1.74 bits per heavy atom. The van der Waals surface area contributed by atoms with Gasteiger partial charge in [-0.3, -0.25) is 14.8 Å². The maximum Gasteiger partial charge on any atom is 0.422 e. The Balaban J connectivity index is 1.24. The van der Waals surface area contributed by atoms with Crippen molar-refractivity contribution in [3.63, 3.8) is 0 Å². The molecule has 3 aliphatic rings. The molecule has 3 aromatic carbocycles. The minimum atomic E-state index is -4.58. The van der Waals surface area contributed by atoms with Crippen LogP contribution in [-0.2, 0) is 11.3 Å². The number of fused-ring (bicyclic) bond motifs is 2. The van der Waals surface area contributed by atoms with Crippen LogP contribution >= 0.6 is 0 Å². The molecule has 0 saturated carbocycles. The fraction of sp³-hybridized carbons (Fsp3) is 0.381. The van der Waals surface area contributed by atoms with E-state index >= 15 is 0 Å². The number of benzene rings is 3. The fourth-order valence-electron chi connectivity index (χ4n) is 8.60. The molecule has 0 atom stereocenters. The number of carbonyl (C=O) groups is 1. The molecule has 12 heteroatoms. The first-order valence-electron chi connectivity index (χ1n) is 18.6. The Bertz CT molecular complexity index is 2210. The van der Waals surface area contributed by atoms with E-state index in [1.807, 2.05) is 36.1 Å². The Morgan fingerprint density at radius 1 is 1.00 bits per heavy atom. The van der Waals surface area contributed by atoms with Crippen LogP contribution in [0.3, 0.4) is 0 Å². The van der Waals surface area contributed by atoms with Gasteiger partial charge in [0.1, 0.15) is 17.2 Å². The van der Waals surface area contributed by atoms with E-state index in [0.717, 1.165) is 67.3 Å². The van der Waals surface area contributed by atoms with Gasteiger partial charge in [0.05, 0.1) is 11.7 Å². The van der Waals surface area contributed by atoms with E-state index < -0.39 is 12.8 Å². The van der Waals surface area contributed by atoms with Crippen LogP contribution in [0.2, 0.25) is 0 Å². The van der Waals surface area contributed by atoms with Crippen molar-refractivity contribution in [2.75, 3.05) is 50.8 Å². The van der Waals surface area contributed by atoms with Crippen LogP contribution < -0.4 is 9.64 Å². The summed E-state index contributed by atoms with van der Waals surface area (Å²) in [6.07, 6.45) is 3.49. The van der Waals surface area contributed by atoms with Crippen LogP contribution in [0.15, 0.2) is 74.0 Å². The van der Waals surface area contributed by atoms with Gasteiger partial charge in [-0.1, -0.05) is 55.6 Å². The maximum absolute atomic E-state index is 14.1. The van der Waals surface area contributed by atoms with Gasteiger partial charge in [-0.15, -0.1) is 0 Å². The monoisotopic (exact) mass is 735 g/mol. The van der Waals surface area contributed by atoms with Gasteiger partial charge >= 0.3 is 6.18 Å². The van der Waals surface area contributed by atoms with Crippen LogP contribution in [-0.4, -0.2) is 87.9 Å². The zero-order chi connectivity index (χ0) is 37.6. The van der Waals surface area contributed by atoms with Gasteiger partial charge in [0.2, 0.25) is 5.91 Å². The summed E-state index contributed by atoms with van der Waals surface area (Å²) in [7, 11) is 0. The van der Waals surface area contributed by atoms with Gasteiger partial charge in [-0.25, -0.2) is 9.97 Å². The molecule has 280 valence electrons. The third-order valence-corrected chi connectivity index (χ3v) is 11.5. The number of nitrogens with one attached hydrogen (secondary N) is 1. The minimum Gasteiger partial charge on any atom is -0.481 e. The second-order valence-corrected chi connectivity index (χ2v) is 15.1. The summed E-state index contributed by atoms with van der Waals surface area (Å²) in [5.74, 6) is 1.34. The lowest BCUT2D eigenvalue weighted by molar-refractivity contribution is -0.153. The number of aromatic nitrogens is 4. The number of rotatable bonds is 9. The first-order valence-corrected chi connectivity index (χ1v) is 18.6. The van der Waals surface area contributed by atoms with E-state index in [1.165, 1.54) is 11.6 Å². The Morgan fingerprint density at radius 3 is 2.43 bits per heavy atom. The SMILES string of the molecule is C=CC(=O)N1CC2(CCN(c3nc(C4CCN(Cc5ccccc5)CC4)nc4c(OCC(F)(F)F)c(-c5c(C)ccc6[nH]ncc56)c(C=C)cc34)CC2)C1. The Kier molecular flexibility index (Phi) is 9.41. The van der Waals surface area contributed by atoms with Crippen molar-refractivity contribution in [1.29, 1.82) is 0 Å². The molecule has 54 heavy (non-hydrogen) atoms. The molecule has 5 aromatic rings. The smallest absolute Gasteiger partial charge is 0.422 e. The second kappa shape index (κ2) is 14.2. The van der Waals surface area contributed by atoms with Crippen molar-refractivity contribution in [3.8, 4) is 16.9 Å². The van der Waals surface area contributed by atoms with E-state index in [9.17, 15) is 18.0 Å². The number of aryl methyl sites for hydroxylation is 1. The van der Waals surface area contributed by atoms with E-state index in [2.05, 4.69) is 57.4 Å². The second-order valence-electron chi connectivity index (χ2n) is 15.1. The summed E-state index contributed by atoms with van der Waals surface area (Å²) in [6.45, 7) is 13.5. The highest BCUT2D eigenvalue weighted by atomic mass is 19.4. The van der Waals surface area contributed by atoms with E-state index in [4.69, 9.17) is 14.7 Å². The van der Waals surface area contributed by atoms with Gasteiger partial charge in [0, 0.05) is 60.4 Å². The van der Waals surface area contributed by atoms with Crippen molar-refractivity contribution in [2.24, 2.45) is 5.41 Å². The molecular formula is C42H44F3N7O2. The highest BCUT2D eigenvalue weighted by Crippen LogP contribution is 2.48. The number of aromatic amines is 1. The molecule has 0 radical (unpaired) electrons. The van der Waals surface area contributed by atoms with Crippen molar-refractivity contribution in [3.05, 3.63) is 96.5 Å². The number of hydrogen-bond acceptors (Lipinski definition) is 7. The number of hydrogen-bond donors (Lipinski definition) is 1. The zero-order valence-electron chi connectivity index (χ0n) is 30.5. The highest BCUT2D eigenvalue weighted by molar-refractivity contribution is 6.07. The lowest BCUT2D eigenvalue weighted by Crippen LogP contribution is -2.61. The van der Waals surface area contributed by atoms with Crippen molar-refractivity contribution in [1.82, 2.24) is 30.0 Å². The van der Waals surface area contributed by atoms with E-state index in [0.29, 0.717) is 59.9 Å². The lowest BCUT2D eigenvalue weighted by atomic mass is 9.72. The maximum atomic E-state index is 14.1. The predicted molar refractivity (Wildman–Crippen MR) is 205 cm³/mol. The summed E-state index contributed by atoms with van der Waals surface area (Å²) in [4.78, 5) is 29.2. The molecule has 8 rings (SSSR count). The number of halogens is 3. The molecule has 1 spiro atoms. The summed E-state index contributed by atoms with van der Waals surface area (Å²) in [5.41, 5.74) is 5.10. The molecule has 1 N–H and O–H groups in total. The van der Waals surface area contributed by atoms with Crippen LogP contribution in [0.1, 0.15) is 54.1 Å². The van der Waals surface area contributed by atoms with Gasteiger partial charge < -0.3 is 14.5 Å². The van der Waals surface area contributed by atoms with Crippen molar-refractivity contribution >= 4 is 39.6 Å². The number of piperidine rings is 2. The molecule has 2 aromatic heterocycles. The molecule has 1 amide bonds. The minimum absolute atomic E-state index is 0.0125. The first-order chi connectivity index (χ1) is 26.0. The van der Waals surface area contributed by atoms with Gasteiger partial charge in [0.25, 0.3) is 0 Å². The number of alkyl halides is 3. The lowest BCUT2D eigenvalue weighted by Gasteiger charge is -2.54. The fourth-order valence-corrected chi connectivity index (χ4v) is 8.60. The quantitative estimate of drug-likeness (QED) is 0.153. The summed E-state index contributed by atoms with van der Waals surface area (Å²) in [5, 5.41) is 8.64. The van der Waals surface area contributed by atoms with Gasteiger partial charge in [-0.2, -0.15) is 18.3 Å². The Hall–Kier alpha value is -5.23. The number of nitrogens with zero attached hydrogens (tertiary/aromatic N) is 6. The number of carbonyl (C=O) groups excluding carboxylic acids is 1. The van der Waals surface area contributed by atoms with Gasteiger partial charge in [-0.05, 0) is 86.2 Å². The standard InChI is InChI=1S/C42H44F3N7O2/c1-4-29-21-31-37(38(54-26-42(43,44)45)36(29)35-27(3)11-12-33-32(35)22-46-49-33)47-39(30-13-17-50(18-14-30)23-28-9-7-6-8-10-28)48-40(31)51-19-15-41(16-20-51)24-52(25-41)34(53)5-2/h4-12,21-22,30H,1-2,13-20,23-26H2,3H3,(H,46,49). The largest absolute Gasteiger partial charge is 0.481 e. The number of anilines is 1. The number of amides is 1. The average Bonchev–Trinajstić information content (AvgIpc) is 3.64. The molecule has 0 unspecified atom stereocenters. The van der Waals surface area contributed by atoms with Crippen molar-refractivity contribution < 1.29 is 22.7 Å². The van der Waals surface area contributed by atoms with Crippen LogP contribution in [0.5, 0.6) is 5.75 Å². The topological polar surface area (TPSA) is 90.5 Å². The molecule has 9 nitrogen and oxygen atoms in total. The number of H-pyrrole nitrogens is 1.